The Morgan fingerprint density at radius 2 is 1.87 bits per heavy atom. The molecule has 1 amide bonds. The maximum absolute atomic E-state index is 12.1. The van der Waals surface area contributed by atoms with Crippen molar-refractivity contribution in [1.29, 1.82) is 0 Å². The minimum atomic E-state index is -0.477. The first-order chi connectivity index (χ1) is 15.0. The number of nitrogens with two attached hydrogens (primary N) is 1. The van der Waals surface area contributed by atoms with Gasteiger partial charge in [-0.25, -0.2) is 19.9 Å². The molecule has 158 valence electrons. The minimum Gasteiger partial charge on any atom is -0.441 e. The molecule has 0 spiro atoms. The molecule has 3 aromatic heterocycles. The van der Waals surface area contributed by atoms with Crippen LogP contribution in [0.1, 0.15) is 12.8 Å². The lowest BCUT2D eigenvalue weighted by Crippen LogP contribution is -2.52. The molecule has 9 heteroatoms. The molecule has 1 fully saturated rings. The molecule has 1 saturated heterocycles. The highest BCUT2D eigenvalue weighted by molar-refractivity contribution is 5.82. The fraction of sp³-hybridized carbons (Fsp3) is 0.318. The summed E-state index contributed by atoms with van der Waals surface area (Å²) in [6, 6.07) is 9.21. The van der Waals surface area contributed by atoms with Crippen LogP contribution in [-0.2, 0) is 4.79 Å². The van der Waals surface area contributed by atoms with E-state index in [0.717, 1.165) is 33.7 Å². The van der Waals surface area contributed by atoms with E-state index in [1.54, 1.807) is 18.0 Å². The van der Waals surface area contributed by atoms with Crippen LogP contribution < -0.4 is 10.6 Å². The third kappa shape index (κ3) is 3.68. The Morgan fingerprint density at radius 3 is 2.65 bits per heavy atom. The quantitative estimate of drug-likeness (QED) is 0.539. The summed E-state index contributed by atoms with van der Waals surface area (Å²) in [5.74, 6) is 1.37. The average Bonchev–Trinajstić information content (AvgIpc) is 3.17. The molecular weight excluding hydrogens is 394 g/mol. The summed E-state index contributed by atoms with van der Waals surface area (Å²) < 4.78 is 5.56. The summed E-state index contributed by atoms with van der Waals surface area (Å²) >= 11 is 0. The minimum absolute atomic E-state index is 0.0187. The third-order valence-electron chi connectivity index (χ3n) is 5.49. The van der Waals surface area contributed by atoms with Crippen molar-refractivity contribution in [2.45, 2.75) is 19.9 Å². The largest absolute Gasteiger partial charge is 0.441 e. The second kappa shape index (κ2) is 7.59. The Balaban J connectivity index is 1.41. The number of aryl methyl sites for hydroxylation is 1. The van der Waals surface area contributed by atoms with E-state index >= 15 is 0 Å². The van der Waals surface area contributed by atoms with Gasteiger partial charge in [-0.15, -0.1) is 0 Å². The number of oxazole rings is 1. The van der Waals surface area contributed by atoms with Gasteiger partial charge in [-0.1, -0.05) is 0 Å². The van der Waals surface area contributed by atoms with Gasteiger partial charge in [-0.3, -0.25) is 4.79 Å². The Labute approximate surface area is 178 Å². The summed E-state index contributed by atoms with van der Waals surface area (Å²) in [6.07, 6.45) is 1.76. The number of hydrogen-bond donors (Lipinski definition) is 1. The molecule has 0 bridgehead atoms. The average molecular weight is 417 g/mol. The van der Waals surface area contributed by atoms with Crippen molar-refractivity contribution in [3.63, 3.8) is 0 Å². The van der Waals surface area contributed by atoms with E-state index in [-0.39, 0.29) is 5.91 Å². The number of pyridine rings is 1. The van der Waals surface area contributed by atoms with Gasteiger partial charge in [0.1, 0.15) is 16.9 Å². The number of benzene rings is 1. The number of amides is 1. The number of nitrogens with zero attached hydrogens (tertiary/aromatic N) is 6. The Hall–Kier alpha value is -3.59. The summed E-state index contributed by atoms with van der Waals surface area (Å²) in [7, 11) is 0. The van der Waals surface area contributed by atoms with Crippen LogP contribution in [-0.4, -0.2) is 63.0 Å². The molecular formula is C22H23N7O2. The Kier molecular flexibility index (Phi) is 4.74. The predicted octanol–water partition coefficient (Wildman–Crippen LogP) is 2.14. The number of carbonyl (C=O) groups is 1. The van der Waals surface area contributed by atoms with E-state index in [4.69, 9.17) is 20.1 Å². The van der Waals surface area contributed by atoms with Gasteiger partial charge < -0.3 is 20.0 Å². The van der Waals surface area contributed by atoms with Gasteiger partial charge in [0.15, 0.2) is 17.1 Å². The molecule has 0 radical (unpaired) electrons. The SMILES string of the molecule is Cc1nc2cc(-c3ccc4ncc(N5CCN(C(=O)[C@H](C)N)CC5)nc4n3)ccc2o1. The zero-order chi connectivity index (χ0) is 21.5. The number of hydrogen-bond acceptors (Lipinski definition) is 8. The molecule has 1 aliphatic heterocycles. The smallest absolute Gasteiger partial charge is 0.239 e. The molecule has 1 aromatic carbocycles. The molecule has 0 aliphatic carbocycles. The number of anilines is 1. The zero-order valence-electron chi connectivity index (χ0n) is 17.4. The van der Waals surface area contributed by atoms with Gasteiger partial charge in [0.2, 0.25) is 5.91 Å². The first kappa shape index (κ1) is 19.4. The number of piperazine rings is 1. The Bertz CT molecular complexity index is 1280. The van der Waals surface area contributed by atoms with Gasteiger partial charge in [0, 0.05) is 38.7 Å². The van der Waals surface area contributed by atoms with Crippen molar-refractivity contribution >= 4 is 34.0 Å². The normalized spacial score (nSPS) is 15.6. The first-order valence-corrected chi connectivity index (χ1v) is 10.3. The summed E-state index contributed by atoms with van der Waals surface area (Å²) in [5.41, 5.74) is 10.3. The maximum Gasteiger partial charge on any atom is 0.239 e. The van der Waals surface area contributed by atoms with Crippen molar-refractivity contribution in [3.8, 4) is 11.3 Å². The van der Waals surface area contributed by atoms with E-state index in [0.29, 0.717) is 37.7 Å². The van der Waals surface area contributed by atoms with Crippen LogP contribution in [0.25, 0.3) is 33.5 Å². The number of carbonyl (C=O) groups excluding carboxylic acids is 1. The topological polar surface area (TPSA) is 114 Å². The van der Waals surface area contributed by atoms with Gasteiger partial charge in [0.25, 0.3) is 0 Å². The maximum atomic E-state index is 12.1. The highest BCUT2D eigenvalue weighted by atomic mass is 16.3. The molecule has 2 N–H and O–H groups in total. The van der Waals surface area contributed by atoms with Crippen molar-refractivity contribution in [2.75, 3.05) is 31.1 Å². The van der Waals surface area contributed by atoms with E-state index in [9.17, 15) is 4.79 Å². The second-order valence-corrected chi connectivity index (χ2v) is 7.78. The zero-order valence-corrected chi connectivity index (χ0v) is 17.4. The summed E-state index contributed by atoms with van der Waals surface area (Å²) in [5, 5.41) is 0. The van der Waals surface area contributed by atoms with E-state index in [1.807, 2.05) is 37.3 Å². The molecule has 0 unspecified atom stereocenters. The van der Waals surface area contributed by atoms with Crippen LogP contribution in [0.5, 0.6) is 0 Å². The number of rotatable bonds is 3. The molecule has 5 rings (SSSR count). The predicted molar refractivity (Wildman–Crippen MR) is 118 cm³/mol. The second-order valence-electron chi connectivity index (χ2n) is 7.78. The van der Waals surface area contributed by atoms with Crippen LogP contribution in [0.2, 0.25) is 0 Å². The molecule has 9 nitrogen and oxygen atoms in total. The Morgan fingerprint density at radius 1 is 1.06 bits per heavy atom. The van der Waals surface area contributed by atoms with Crippen molar-refractivity contribution in [3.05, 3.63) is 42.4 Å². The fourth-order valence-corrected chi connectivity index (χ4v) is 3.85. The van der Waals surface area contributed by atoms with E-state index in [1.165, 1.54) is 0 Å². The lowest BCUT2D eigenvalue weighted by atomic mass is 10.1. The highest BCUT2D eigenvalue weighted by Gasteiger charge is 2.24. The van der Waals surface area contributed by atoms with Gasteiger partial charge in [-0.2, -0.15) is 0 Å². The van der Waals surface area contributed by atoms with E-state index < -0.39 is 6.04 Å². The van der Waals surface area contributed by atoms with Crippen molar-refractivity contribution < 1.29 is 9.21 Å². The van der Waals surface area contributed by atoms with Gasteiger partial charge in [0.05, 0.1) is 17.9 Å². The molecule has 31 heavy (non-hydrogen) atoms. The third-order valence-corrected chi connectivity index (χ3v) is 5.49. The lowest BCUT2D eigenvalue weighted by molar-refractivity contribution is -0.132. The highest BCUT2D eigenvalue weighted by Crippen LogP contribution is 2.25. The first-order valence-electron chi connectivity index (χ1n) is 10.3. The molecule has 1 atom stereocenters. The molecule has 0 saturated carbocycles. The monoisotopic (exact) mass is 417 g/mol. The molecule has 4 heterocycles. The summed E-state index contributed by atoms with van der Waals surface area (Å²) in [6.45, 7) is 6.14. The van der Waals surface area contributed by atoms with E-state index in [2.05, 4.69) is 14.9 Å². The van der Waals surface area contributed by atoms with Crippen LogP contribution in [0, 0.1) is 6.92 Å². The van der Waals surface area contributed by atoms with Crippen molar-refractivity contribution in [2.24, 2.45) is 5.73 Å². The summed E-state index contributed by atoms with van der Waals surface area (Å²) in [4.78, 5) is 34.4. The lowest BCUT2D eigenvalue weighted by Gasteiger charge is -2.35. The van der Waals surface area contributed by atoms with Crippen LogP contribution >= 0.6 is 0 Å². The van der Waals surface area contributed by atoms with Crippen LogP contribution in [0.3, 0.4) is 0 Å². The van der Waals surface area contributed by atoms with Crippen molar-refractivity contribution in [1.82, 2.24) is 24.8 Å². The van der Waals surface area contributed by atoms with Crippen LogP contribution in [0.4, 0.5) is 5.82 Å². The van der Waals surface area contributed by atoms with Gasteiger partial charge >= 0.3 is 0 Å². The fourth-order valence-electron chi connectivity index (χ4n) is 3.85. The standard InChI is InChI=1S/C22H23N7O2/c1-13(23)22(30)29-9-7-28(8-10-29)20-12-24-17-5-4-16(26-21(17)27-20)15-3-6-19-18(11-15)25-14(2)31-19/h3-6,11-13H,7-10,23H2,1-2H3/t13-/m0/s1. The molecule has 1 aliphatic rings. The van der Waals surface area contributed by atoms with Gasteiger partial charge in [-0.05, 0) is 37.3 Å². The van der Waals surface area contributed by atoms with Crippen LogP contribution in [0.15, 0.2) is 40.9 Å². The molecule has 4 aromatic rings. The number of aromatic nitrogens is 4. The number of fused-ring (bicyclic) bond motifs is 2.